The SMILES string of the molecule is CCNC(COCc1ccccc1)c1cc(C)ccc1C. The van der Waals surface area contributed by atoms with Gasteiger partial charge in [-0.3, -0.25) is 0 Å². The van der Waals surface area contributed by atoms with Crippen molar-refractivity contribution in [2.75, 3.05) is 13.2 Å². The molecule has 0 aliphatic heterocycles. The quantitative estimate of drug-likeness (QED) is 0.823. The average molecular weight is 283 g/mol. The lowest BCUT2D eigenvalue weighted by Gasteiger charge is -2.21. The Kier molecular flexibility index (Phi) is 5.97. The zero-order chi connectivity index (χ0) is 15.1. The Morgan fingerprint density at radius 3 is 2.52 bits per heavy atom. The minimum Gasteiger partial charge on any atom is -0.375 e. The molecule has 0 aliphatic rings. The molecule has 0 heterocycles. The second-order valence-electron chi connectivity index (χ2n) is 5.47. The molecule has 2 aromatic carbocycles. The summed E-state index contributed by atoms with van der Waals surface area (Å²) in [6, 6.07) is 17.2. The second-order valence-corrected chi connectivity index (χ2v) is 5.47. The van der Waals surface area contributed by atoms with Crippen LogP contribution in [0.5, 0.6) is 0 Å². The van der Waals surface area contributed by atoms with Gasteiger partial charge in [0.25, 0.3) is 0 Å². The van der Waals surface area contributed by atoms with Crippen molar-refractivity contribution >= 4 is 0 Å². The number of likely N-dealkylation sites (N-methyl/N-ethyl adjacent to an activating group) is 1. The first kappa shape index (κ1) is 15.7. The van der Waals surface area contributed by atoms with Crippen LogP contribution in [0, 0.1) is 13.8 Å². The molecule has 2 rings (SSSR count). The van der Waals surface area contributed by atoms with Crippen molar-refractivity contribution in [2.24, 2.45) is 0 Å². The van der Waals surface area contributed by atoms with Crippen molar-refractivity contribution in [2.45, 2.75) is 33.4 Å². The van der Waals surface area contributed by atoms with E-state index in [2.05, 4.69) is 56.4 Å². The molecule has 0 aliphatic carbocycles. The molecular formula is C19H25NO. The highest BCUT2D eigenvalue weighted by Crippen LogP contribution is 2.20. The molecule has 0 saturated heterocycles. The lowest BCUT2D eigenvalue weighted by atomic mass is 9.99. The van der Waals surface area contributed by atoms with Gasteiger partial charge in [0.05, 0.1) is 19.3 Å². The Morgan fingerprint density at radius 2 is 1.81 bits per heavy atom. The first-order chi connectivity index (χ1) is 10.2. The maximum Gasteiger partial charge on any atom is 0.0717 e. The Bertz CT molecular complexity index is 551. The van der Waals surface area contributed by atoms with E-state index in [1.54, 1.807) is 0 Å². The third-order valence-electron chi connectivity index (χ3n) is 3.66. The molecule has 1 unspecified atom stereocenters. The van der Waals surface area contributed by atoms with Crippen LogP contribution >= 0.6 is 0 Å². The summed E-state index contributed by atoms with van der Waals surface area (Å²) >= 11 is 0. The van der Waals surface area contributed by atoms with Crippen LogP contribution in [0.25, 0.3) is 0 Å². The fourth-order valence-corrected chi connectivity index (χ4v) is 2.51. The van der Waals surface area contributed by atoms with Gasteiger partial charge in [0.1, 0.15) is 0 Å². The minimum atomic E-state index is 0.249. The number of aryl methyl sites for hydroxylation is 2. The Balaban J connectivity index is 2.00. The third-order valence-corrected chi connectivity index (χ3v) is 3.66. The first-order valence-electron chi connectivity index (χ1n) is 7.63. The van der Waals surface area contributed by atoms with E-state index in [4.69, 9.17) is 4.74 Å². The van der Waals surface area contributed by atoms with Crippen LogP contribution in [-0.2, 0) is 11.3 Å². The van der Waals surface area contributed by atoms with E-state index in [-0.39, 0.29) is 6.04 Å². The van der Waals surface area contributed by atoms with Crippen LogP contribution in [-0.4, -0.2) is 13.2 Å². The van der Waals surface area contributed by atoms with Crippen LogP contribution in [0.4, 0.5) is 0 Å². The van der Waals surface area contributed by atoms with Crippen LogP contribution in [0.15, 0.2) is 48.5 Å². The molecule has 0 bridgehead atoms. The predicted octanol–water partition coefficient (Wildman–Crippen LogP) is 4.17. The molecular weight excluding hydrogens is 258 g/mol. The van der Waals surface area contributed by atoms with Gasteiger partial charge in [-0.1, -0.05) is 61.0 Å². The maximum absolute atomic E-state index is 5.92. The van der Waals surface area contributed by atoms with Gasteiger partial charge in [-0.2, -0.15) is 0 Å². The van der Waals surface area contributed by atoms with Gasteiger partial charge in [-0.25, -0.2) is 0 Å². The van der Waals surface area contributed by atoms with Crippen molar-refractivity contribution in [3.05, 3.63) is 70.8 Å². The average Bonchev–Trinajstić information content (AvgIpc) is 2.50. The fourth-order valence-electron chi connectivity index (χ4n) is 2.51. The smallest absolute Gasteiger partial charge is 0.0717 e. The molecule has 21 heavy (non-hydrogen) atoms. The largest absolute Gasteiger partial charge is 0.375 e. The van der Waals surface area contributed by atoms with Crippen molar-refractivity contribution < 1.29 is 4.74 Å². The van der Waals surface area contributed by atoms with Crippen LogP contribution in [0.1, 0.15) is 35.2 Å². The third kappa shape index (κ3) is 4.69. The summed E-state index contributed by atoms with van der Waals surface area (Å²) in [4.78, 5) is 0. The van der Waals surface area contributed by atoms with Gasteiger partial charge in [0.15, 0.2) is 0 Å². The Hall–Kier alpha value is -1.64. The van der Waals surface area contributed by atoms with E-state index in [0.717, 1.165) is 6.54 Å². The van der Waals surface area contributed by atoms with Crippen LogP contribution in [0.2, 0.25) is 0 Å². The van der Waals surface area contributed by atoms with E-state index >= 15 is 0 Å². The van der Waals surface area contributed by atoms with E-state index in [9.17, 15) is 0 Å². The molecule has 112 valence electrons. The summed E-state index contributed by atoms with van der Waals surface area (Å²) < 4.78 is 5.92. The Morgan fingerprint density at radius 1 is 1.05 bits per heavy atom. The highest BCUT2D eigenvalue weighted by Gasteiger charge is 2.13. The summed E-state index contributed by atoms with van der Waals surface area (Å²) in [6.07, 6.45) is 0. The maximum atomic E-state index is 5.92. The fraction of sp³-hybridized carbons (Fsp3) is 0.368. The number of ether oxygens (including phenoxy) is 1. The van der Waals surface area contributed by atoms with Crippen LogP contribution < -0.4 is 5.32 Å². The molecule has 2 aromatic rings. The molecule has 2 heteroatoms. The van der Waals surface area contributed by atoms with Gasteiger partial charge in [-0.15, -0.1) is 0 Å². The summed E-state index contributed by atoms with van der Waals surface area (Å²) in [7, 11) is 0. The molecule has 1 N–H and O–H groups in total. The highest BCUT2D eigenvalue weighted by atomic mass is 16.5. The number of rotatable bonds is 7. The van der Waals surface area contributed by atoms with E-state index in [0.29, 0.717) is 13.2 Å². The lowest BCUT2D eigenvalue weighted by Crippen LogP contribution is -2.26. The molecule has 0 aromatic heterocycles. The normalized spacial score (nSPS) is 12.3. The summed E-state index contributed by atoms with van der Waals surface area (Å²) in [6.45, 7) is 8.72. The molecule has 2 nitrogen and oxygen atoms in total. The van der Waals surface area contributed by atoms with E-state index in [1.807, 2.05) is 18.2 Å². The molecule has 0 saturated carbocycles. The molecule has 1 atom stereocenters. The zero-order valence-electron chi connectivity index (χ0n) is 13.2. The number of hydrogen-bond acceptors (Lipinski definition) is 2. The van der Waals surface area contributed by atoms with Gasteiger partial charge in [-0.05, 0) is 37.1 Å². The molecule has 0 radical (unpaired) electrons. The first-order valence-corrected chi connectivity index (χ1v) is 7.63. The van der Waals surface area contributed by atoms with E-state index < -0.39 is 0 Å². The zero-order valence-corrected chi connectivity index (χ0v) is 13.2. The number of nitrogens with one attached hydrogen (secondary N) is 1. The monoisotopic (exact) mass is 283 g/mol. The summed E-state index contributed by atoms with van der Waals surface area (Å²) in [5.74, 6) is 0. The second kappa shape index (κ2) is 7.96. The van der Waals surface area contributed by atoms with Crippen molar-refractivity contribution in [1.82, 2.24) is 5.32 Å². The van der Waals surface area contributed by atoms with Gasteiger partial charge in [0.2, 0.25) is 0 Å². The molecule has 0 amide bonds. The lowest BCUT2D eigenvalue weighted by molar-refractivity contribution is 0.0989. The van der Waals surface area contributed by atoms with E-state index in [1.165, 1.54) is 22.3 Å². The van der Waals surface area contributed by atoms with Crippen molar-refractivity contribution in [3.8, 4) is 0 Å². The molecule has 0 fully saturated rings. The van der Waals surface area contributed by atoms with Crippen molar-refractivity contribution in [3.63, 3.8) is 0 Å². The number of hydrogen-bond donors (Lipinski definition) is 1. The summed E-state index contributed by atoms with van der Waals surface area (Å²) in [5.41, 5.74) is 5.16. The molecule has 0 spiro atoms. The summed E-state index contributed by atoms with van der Waals surface area (Å²) in [5, 5.41) is 3.53. The highest BCUT2D eigenvalue weighted by molar-refractivity contribution is 5.33. The number of benzene rings is 2. The van der Waals surface area contributed by atoms with Gasteiger partial charge in [0, 0.05) is 0 Å². The standard InChI is InChI=1S/C19H25NO/c1-4-20-19(18-12-15(2)10-11-16(18)3)14-21-13-17-8-6-5-7-9-17/h5-12,19-20H,4,13-14H2,1-3H3. The van der Waals surface area contributed by atoms with Gasteiger partial charge < -0.3 is 10.1 Å². The Labute approximate surface area is 128 Å². The van der Waals surface area contributed by atoms with Gasteiger partial charge >= 0.3 is 0 Å². The van der Waals surface area contributed by atoms with Crippen LogP contribution in [0.3, 0.4) is 0 Å². The topological polar surface area (TPSA) is 21.3 Å². The van der Waals surface area contributed by atoms with Crippen molar-refractivity contribution in [1.29, 1.82) is 0 Å². The predicted molar refractivity (Wildman–Crippen MR) is 88.4 cm³/mol. The minimum absolute atomic E-state index is 0.249.